The van der Waals surface area contributed by atoms with Crippen molar-refractivity contribution in [2.45, 2.75) is 72.3 Å². The van der Waals surface area contributed by atoms with E-state index < -0.39 is 17.5 Å². The van der Waals surface area contributed by atoms with Gasteiger partial charge in [-0.25, -0.2) is 9.59 Å². The number of carboxylic acids is 1. The third kappa shape index (κ3) is 5.15. The molecule has 0 amide bonds. The van der Waals surface area contributed by atoms with Crippen LogP contribution in [-0.2, 0) is 14.3 Å². The molecule has 1 N–H and O–H groups in total. The van der Waals surface area contributed by atoms with Gasteiger partial charge in [-0.2, -0.15) is 0 Å². The molecule has 1 fully saturated rings. The topological polar surface area (TPSA) is 63.6 Å². The number of carbonyl (C=O) groups is 2. The summed E-state index contributed by atoms with van der Waals surface area (Å²) in [5.41, 5.74) is -0.183. The van der Waals surface area contributed by atoms with E-state index >= 15 is 0 Å². The number of carbonyl (C=O) groups excluding carboxylic acids is 1. The number of rotatable bonds is 5. The molecule has 1 saturated carbocycles. The zero-order valence-electron chi connectivity index (χ0n) is 14.5. The monoisotopic (exact) mass is 310 g/mol. The van der Waals surface area contributed by atoms with Crippen molar-refractivity contribution in [2.75, 3.05) is 0 Å². The molecule has 1 aliphatic carbocycles. The van der Waals surface area contributed by atoms with Crippen LogP contribution in [0.3, 0.4) is 0 Å². The van der Waals surface area contributed by atoms with Gasteiger partial charge in [0.15, 0.2) is 0 Å². The van der Waals surface area contributed by atoms with Gasteiger partial charge in [-0.3, -0.25) is 0 Å². The zero-order valence-corrected chi connectivity index (χ0v) is 14.5. The SMILES string of the molecule is CCC(C)(OC(=O)/C=C/C(=O)O)C1CCC(C(C)(C)C)CC1. The molecule has 0 saturated heterocycles. The normalized spacial score (nSPS) is 25.7. The first-order valence-electron chi connectivity index (χ1n) is 8.22. The number of carboxylic acid groups (broad SMARTS) is 1. The molecule has 1 rings (SSSR count). The molecule has 4 heteroatoms. The van der Waals surface area contributed by atoms with Gasteiger partial charge in [-0.15, -0.1) is 0 Å². The van der Waals surface area contributed by atoms with E-state index in [2.05, 4.69) is 20.8 Å². The van der Waals surface area contributed by atoms with Crippen LogP contribution in [0.2, 0.25) is 0 Å². The summed E-state index contributed by atoms with van der Waals surface area (Å²) in [6.45, 7) is 10.8. The standard InChI is InChI=1S/C18H30O4/c1-6-18(5,22-16(21)12-11-15(19)20)14-9-7-13(8-10-14)17(2,3)4/h11-14H,6-10H2,1-5H3,(H,19,20)/b12-11+. The van der Waals surface area contributed by atoms with Crippen molar-refractivity contribution in [2.24, 2.45) is 17.3 Å². The first-order chi connectivity index (χ1) is 10.1. The molecular weight excluding hydrogens is 280 g/mol. The van der Waals surface area contributed by atoms with Crippen LogP contribution in [0.15, 0.2) is 12.2 Å². The Labute approximate surface area is 133 Å². The molecule has 0 spiro atoms. The smallest absolute Gasteiger partial charge is 0.331 e. The van der Waals surface area contributed by atoms with Crippen molar-refractivity contribution in [3.63, 3.8) is 0 Å². The second kappa shape index (κ2) is 7.30. The van der Waals surface area contributed by atoms with Crippen molar-refractivity contribution in [3.8, 4) is 0 Å². The molecular formula is C18H30O4. The van der Waals surface area contributed by atoms with Gasteiger partial charge < -0.3 is 9.84 Å². The lowest BCUT2D eigenvalue weighted by Crippen LogP contribution is -2.42. The highest BCUT2D eigenvalue weighted by Crippen LogP contribution is 2.44. The maximum atomic E-state index is 11.8. The van der Waals surface area contributed by atoms with Crippen molar-refractivity contribution < 1.29 is 19.4 Å². The molecule has 0 heterocycles. The molecule has 0 aromatic carbocycles. The first-order valence-corrected chi connectivity index (χ1v) is 8.22. The summed E-state index contributed by atoms with van der Waals surface area (Å²) in [6.07, 6.45) is 7.00. The van der Waals surface area contributed by atoms with Gasteiger partial charge in [0.25, 0.3) is 0 Å². The van der Waals surface area contributed by atoms with Crippen LogP contribution >= 0.6 is 0 Å². The fourth-order valence-electron chi connectivity index (χ4n) is 3.42. The maximum Gasteiger partial charge on any atom is 0.331 e. The predicted octanol–water partition coefficient (Wildman–Crippen LogP) is 4.19. The van der Waals surface area contributed by atoms with Gasteiger partial charge in [-0.05, 0) is 56.3 Å². The molecule has 1 unspecified atom stereocenters. The average molecular weight is 310 g/mol. The van der Waals surface area contributed by atoms with Gasteiger partial charge in [0.1, 0.15) is 5.60 Å². The van der Waals surface area contributed by atoms with E-state index in [1.165, 1.54) is 0 Å². The van der Waals surface area contributed by atoms with Gasteiger partial charge >= 0.3 is 11.9 Å². The minimum atomic E-state index is -1.14. The van der Waals surface area contributed by atoms with Crippen LogP contribution in [0.25, 0.3) is 0 Å². The highest BCUT2D eigenvalue weighted by Gasteiger charge is 2.40. The summed E-state index contributed by atoms with van der Waals surface area (Å²) in [5, 5.41) is 8.58. The summed E-state index contributed by atoms with van der Waals surface area (Å²) in [7, 11) is 0. The second-order valence-corrected chi connectivity index (χ2v) is 7.67. The zero-order chi connectivity index (χ0) is 17.0. The summed E-state index contributed by atoms with van der Waals surface area (Å²) in [5.74, 6) is -0.642. The van der Waals surface area contributed by atoms with Crippen molar-refractivity contribution in [1.29, 1.82) is 0 Å². The number of hydrogen-bond donors (Lipinski definition) is 1. The number of aliphatic carboxylic acids is 1. The first kappa shape index (κ1) is 18.7. The average Bonchev–Trinajstić information content (AvgIpc) is 2.44. The third-order valence-corrected chi connectivity index (χ3v) is 5.21. The van der Waals surface area contributed by atoms with Gasteiger partial charge in [0, 0.05) is 12.2 Å². The highest BCUT2D eigenvalue weighted by atomic mass is 16.6. The van der Waals surface area contributed by atoms with E-state index in [1.54, 1.807) is 0 Å². The summed E-state index contributed by atoms with van der Waals surface area (Å²) in [4.78, 5) is 22.3. The van der Waals surface area contributed by atoms with Gasteiger partial charge in [0.2, 0.25) is 0 Å². The Kier molecular flexibility index (Phi) is 6.21. The Morgan fingerprint density at radius 1 is 1.05 bits per heavy atom. The summed E-state index contributed by atoms with van der Waals surface area (Å²) < 4.78 is 5.61. The molecule has 22 heavy (non-hydrogen) atoms. The van der Waals surface area contributed by atoms with Gasteiger partial charge in [0.05, 0.1) is 0 Å². The largest absolute Gasteiger partial charge is 0.478 e. The molecule has 4 nitrogen and oxygen atoms in total. The Bertz CT molecular complexity index is 425. The molecule has 0 aromatic heterocycles. The molecule has 1 aliphatic rings. The van der Waals surface area contributed by atoms with Crippen molar-refractivity contribution in [1.82, 2.24) is 0 Å². The maximum absolute atomic E-state index is 11.8. The van der Waals surface area contributed by atoms with E-state index in [0.29, 0.717) is 17.3 Å². The van der Waals surface area contributed by atoms with Gasteiger partial charge in [-0.1, -0.05) is 27.7 Å². The van der Waals surface area contributed by atoms with Crippen LogP contribution in [-0.4, -0.2) is 22.6 Å². The molecule has 1 atom stereocenters. The van der Waals surface area contributed by atoms with E-state index in [9.17, 15) is 9.59 Å². The fraction of sp³-hybridized carbons (Fsp3) is 0.778. The van der Waals surface area contributed by atoms with Crippen molar-refractivity contribution in [3.05, 3.63) is 12.2 Å². The lowest BCUT2D eigenvalue weighted by molar-refractivity contribution is -0.160. The molecule has 126 valence electrons. The summed E-state index contributed by atoms with van der Waals surface area (Å²) in [6, 6.07) is 0. The lowest BCUT2D eigenvalue weighted by Gasteiger charge is -2.43. The fourth-order valence-corrected chi connectivity index (χ4v) is 3.42. The predicted molar refractivity (Wildman–Crippen MR) is 86.5 cm³/mol. The Morgan fingerprint density at radius 2 is 1.55 bits per heavy atom. The van der Waals surface area contributed by atoms with Crippen LogP contribution in [0.5, 0.6) is 0 Å². The molecule has 0 radical (unpaired) electrons. The molecule has 0 aromatic rings. The van der Waals surface area contributed by atoms with E-state index in [0.717, 1.165) is 44.3 Å². The lowest BCUT2D eigenvalue weighted by atomic mass is 9.66. The van der Waals surface area contributed by atoms with Crippen molar-refractivity contribution >= 4 is 11.9 Å². The summed E-state index contributed by atoms with van der Waals surface area (Å²) >= 11 is 0. The van der Waals surface area contributed by atoms with E-state index in [1.807, 2.05) is 13.8 Å². The molecule has 0 aliphatic heterocycles. The van der Waals surface area contributed by atoms with Crippen LogP contribution in [0.1, 0.15) is 66.7 Å². The highest BCUT2D eigenvalue weighted by molar-refractivity contribution is 5.90. The number of esters is 1. The van der Waals surface area contributed by atoms with Crippen LogP contribution < -0.4 is 0 Å². The minimum Gasteiger partial charge on any atom is -0.478 e. The van der Waals surface area contributed by atoms with E-state index in [-0.39, 0.29) is 0 Å². The Morgan fingerprint density at radius 3 is 1.95 bits per heavy atom. The quantitative estimate of drug-likeness (QED) is 0.611. The van der Waals surface area contributed by atoms with E-state index in [4.69, 9.17) is 9.84 Å². The number of hydrogen-bond acceptors (Lipinski definition) is 3. The molecule has 0 bridgehead atoms. The van der Waals surface area contributed by atoms with Crippen LogP contribution in [0, 0.1) is 17.3 Å². The van der Waals surface area contributed by atoms with Crippen LogP contribution in [0.4, 0.5) is 0 Å². The number of ether oxygens (including phenoxy) is 1. The minimum absolute atomic E-state index is 0.328. The Balaban J connectivity index is 2.67. The third-order valence-electron chi connectivity index (χ3n) is 5.21. The Hall–Kier alpha value is -1.32. The second-order valence-electron chi connectivity index (χ2n) is 7.67.